The van der Waals surface area contributed by atoms with Crippen LogP contribution in [0.25, 0.3) is 0 Å². The van der Waals surface area contributed by atoms with Gasteiger partial charge in [-0.15, -0.1) is 0 Å². The van der Waals surface area contributed by atoms with Crippen molar-refractivity contribution < 1.29 is 22.9 Å². The molecule has 11 nitrogen and oxygen atoms in total. The lowest BCUT2D eigenvalue weighted by Gasteiger charge is -2.55. The molecule has 0 aromatic heterocycles. The fraction of sp³-hybridized carbons (Fsp3) is 0.348. The van der Waals surface area contributed by atoms with Crippen molar-refractivity contribution in [2.24, 2.45) is 5.41 Å². The van der Waals surface area contributed by atoms with Crippen LogP contribution in [0.2, 0.25) is 0 Å². The summed E-state index contributed by atoms with van der Waals surface area (Å²) in [5.74, 6) is -1.21. The van der Waals surface area contributed by atoms with Gasteiger partial charge >= 0.3 is 0 Å². The first-order valence-corrected chi connectivity index (χ1v) is 13.1. The number of aryl methyl sites for hydroxylation is 1. The third-order valence-electron chi connectivity index (χ3n) is 7.24. The predicted octanol–water partition coefficient (Wildman–Crippen LogP) is 1.20. The van der Waals surface area contributed by atoms with Crippen LogP contribution in [0.3, 0.4) is 0 Å². The molecule has 2 aromatic rings. The van der Waals surface area contributed by atoms with Crippen molar-refractivity contribution in [2.75, 3.05) is 31.6 Å². The first kappa shape index (κ1) is 24.3. The van der Waals surface area contributed by atoms with Crippen molar-refractivity contribution in [3.63, 3.8) is 0 Å². The van der Waals surface area contributed by atoms with Crippen LogP contribution < -0.4 is 10.2 Å². The molecular weight excluding hydrogens is 506 g/mol. The summed E-state index contributed by atoms with van der Waals surface area (Å²) in [6.45, 7) is 2.05. The fourth-order valence-electron chi connectivity index (χ4n) is 5.30. The summed E-state index contributed by atoms with van der Waals surface area (Å²) in [7, 11) is -2.46. The molecule has 3 heterocycles. The Morgan fingerprint density at radius 2 is 1.83 bits per heavy atom. The second kappa shape index (κ2) is 8.32. The van der Waals surface area contributed by atoms with E-state index in [2.05, 4.69) is 5.32 Å². The van der Waals surface area contributed by atoms with Crippen LogP contribution in [0.5, 0.6) is 0 Å². The highest BCUT2D eigenvalue weighted by Gasteiger charge is 2.62. The van der Waals surface area contributed by atoms with Crippen LogP contribution in [0.4, 0.5) is 11.4 Å². The van der Waals surface area contributed by atoms with Gasteiger partial charge in [-0.25, -0.2) is 8.42 Å². The van der Waals surface area contributed by atoms with Gasteiger partial charge in [0.15, 0.2) is 10.5 Å². The number of nitrogens with zero attached hydrogens (tertiary/aromatic N) is 4. The summed E-state index contributed by atoms with van der Waals surface area (Å²) in [5, 5.41) is 13.9. The maximum atomic E-state index is 13.7. The molecule has 0 aliphatic carbocycles. The molecule has 3 aliphatic heterocycles. The second-order valence-corrected chi connectivity index (χ2v) is 11.6. The second-order valence-electron chi connectivity index (χ2n) is 9.23. The molecule has 3 aliphatic rings. The molecular formula is C23H23N5O6S2. The quantitative estimate of drug-likeness (QED) is 0.271. The van der Waals surface area contributed by atoms with Gasteiger partial charge in [0.1, 0.15) is 0 Å². The first-order valence-electron chi connectivity index (χ1n) is 11.2. The minimum Gasteiger partial charge on any atom is -0.364 e. The number of fused-ring (bicyclic) bond motifs is 4. The van der Waals surface area contributed by atoms with E-state index in [0.29, 0.717) is 11.3 Å². The molecule has 1 N–H and O–H groups in total. The Balaban J connectivity index is 1.63. The summed E-state index contributed by atoms with van der Waals surface area (Å²) >= 11 is 5.14. The van der Waals surface area contributed by atoms with Crippen molar-refractivity contribution in [1.29, 1.82) is 0 Å². The van der Waals surface area contributed by atoms with E-state index >= 15 is 0 Å². The van der Waals surface area contributed by atoms with E-state index in [-0.39, 0.29) is 41.8 Å². The zero-order chi connectivity index (χ0) is 26.0. The molecule has 2 amide bonds. The van der Waals surface area contributed by atoms with Gasteiger partial charge in [0.05, 0.1) is 15.9 Å². The molecule has 13 heteroatoms. The number of hydrogen-bond acceptors (Lipinski definition) is 8. The average molecular weight is 530 g/mol. The summed E-state index contributed by atoms with van der Waals surface area (Å²) < 4.78 is 28.3. The topological polar surface area (TPSA) is 133 Å². The predicted molar refractivity (Wildman–Crippen MR) is 134 cm³/mol. The number of benzene rings is 2. The molecule has 0 saturated carbocycles. The van der Waals surface area contributed by atoms with Gasteiger partial charge in [0.25, 0.3) is 5.69 Å². The van der Waals surface area contributed by atoms with Gasteiger partial charge in [-0.05, 0) is 42.9 Å². The van der Waals surface area contributed by atoms with E-state index in [0.717, 1.165) is 5.56 Å². The SMILES string of the molecule is Cc1ccc(S(=O)(=O)N2CCN3c4ccc([N+](=O)[O-])cc4C[C@]4(C(=O)NC(=S)N(C)C4=O)[C@H]3C2)cc1. The number of nitro groups is 1. The molecule has 2 aromatic carbocycles. The van der Waals surface area contributed by atoms with E-state index < -0.39 is 38.2 Å². The number of amides is 2. The zero-order valence-electron chi connectivity index (χ0n) is 19.5. The number of carbonyl (C=O) groups excluding carboxylic acids is 2. The summed E-state index contributed by atoms with van der Waals surface area (Å²) in [5.41, 5.74) is 0.149. The monoisotopic (exact) mass is 529 g/mol. The number of nitro benzene ring substituents is 1. The number of piperazine rings is 1. The van der Waals surface area contributed by atoms with Crippen LogP contribution in [0.15, 0.2) is 47.4 Å². The lowest BCUT2D eigenvalue weighted by molar-refractivity contribution is -0.384. The highest BCUT2D eigenvalue weighted by Crippen LogP contribution is 2.46. The van der Waals surface area contributed by atoms with Gasteiger partial charge in [-0.1, -0.05) is 17.7 Å². The van der Waals surface area contributed by atoms with Gasteiger partial charge in [-0.3, -0.25) is 24.6 Å². The molecule has 2 fully saturated rings. The zero-order valence-corrected chi connectivity index (χ0v) is 21.1. The summed E-state index contributed by atoms with van der Waals surface area (Å²) in [4.78, 5) is 41.2. The highest BCUT2D eigenvalue weighted by molar-refractivity contribution is 7.89. The molecule has 1 spiro atoms. The number of rotatable bonds is 3. The van der Waals surface area contributed by atoms with Gasteiger partial charge in [0, 0.05) is 50.9 Å². The summed E-state index contributed by atoms with van der Waals surface area (Å²) in [6, 6.07) is 9.98. The van der Waals surface area contributed by atoms with Gasteiger partial charge < -0.3 is 10.2 Å². The number of nitrogens with one attached hydrogen (secondary N) is 1. The highest BCUT2D eigenvalue weighted by atomic mass is 32.2. The Morgan fingerprint density at radius 1 is 1.14 bits per heavy atom. The minimum absolute atomic E-state index is 0.0491. The Hall–Kier alpha value is -3.42. The smallest absolute Gasteiger partial charge is 0.269 e. The number of hydrogen-bond donors (Lipinski definition) is 1. The Bertz CT molecular complexity index is 1430. The van der Waals surface area contributed by atoms with Crippen LogP contribution in [-0.4, -0.2) is 72.2 Å². The van der Waals surface area contributed by atoms with Crippen LogP contribution in [0, 0.1) is 22.5 Å². The van der Waals surface area contributed by atoms with E-state index in [9.17, 15) is 28.1 Å². The fourth-order valence-corrected chi connectivity index (χ4v) is 6.92. The lowest BCUT2D eigenvalue weighted by atomic mass is 9.68. The van der Waals surface area contributed by atoms with Crippen LogP contribution >= 0.6 is 12.2 Å². The molecule has 5 rings (SSSR count). The Kier molecular flexibility index (Phi) is 5.61. The average Bonchev–Trinajstić information content (AvgIpc) is 2.85. The third-order valence-corrected chi connectivity index (χ3v) is 9.50. The van der Waals surface area contributed by atoms with Crippen molar-refractivity contribution in [1.82, 2.24) is 14.5 Å². The number of anilines is 1. The molecule has 0 radical (unpaired) electrons. The van der Waals surface area contributed by atoms with Crippen LogP contribution in [-0.2, 0) is 26.0 Å². The number of non-ortho nitro benzene ring substituents is 1. The molecule has 0 bridgehead atoms. The molecule has 36 heavy (non-hydrogen) atoms. The van der Waals surface area contributed by atoms with E-state index in [1.807, 2.05) is 11.8 Å². The largest absolute Gasteiger partial charge is 0.364 e. The van der Waals surface area contributed by atoms with Crippen molar-refractivity contribution >= 4 is 50.5 Å². The molecule has 2 atom stereocenters. The molecule has 0 unspecified atom stereocenters. The van der Waals surface area contributed by atoms with E-state index in [4.69, 9.17) is 12.2 Å². The molecule has 2 saturated heterocycles. The van der Waals surface area contributed by atoms with Gasteiger partial charge in [-0.2, -0.15) is 4.31 Å². The Labute approximate surface area is 212 Å². The standard InChI is InChI=1S/C23H23N5O6S2/c1-14-3-6-17(7-4-14)36(33,34)26-9-10-27-18-8-5-16(28(31)32)11-15(18)12-23(19(27)13-26)20(29)24-22(35)25(2)21(23)30/h3-8,11,19H,9-10,12-13H2,1-2H3,(H,24,29,35)/t19-,23-/m1/s1. The van der Waals surface area contributed by atoms with Gasteiger partial charge in [0.2, 0.25) is 21.8 Å². The van der Waals surface area contributed by atoms with E-state index in [1.165, 1.54) is 40.5 Å². The normalized spacial score (nSPS) is 24.4. The first-order chi connectivity index (χ1) is 17.0. The summed E-state index contributed by atoms with van der Waals surface area (Å²) in [6.07, 6.45) is -0.124. The minimum atomic E-state index is -3.90. The number of sulfonamides is 1. The number of thiocarbonyl (C=S) groups is 1. The number of carbonyl (C=O) groups is 2. The third kappa shape index (κ3) is 3.49. The molecule has 188 valence electrons. The lowest BCUT2D eigenvalue weighted by Crippen LogP contribution is -2.74. The van der Waals surface area contributed by atoms with Crippen molar-refractivity contribution in [3.05, 3.63) is 63.7 Å². The maximum Gasteiger partial charge on any atom is 0.269 e. The van der Waals surface area contributed by atoms with Crippen LogP contribution in [0.1, 0.15) is 11.1 Å². The van der Waals surface area contributed by atoms with E-state index in [1.54, 1.807) is 18.2 Å². The van der Waals surface area contributed by atoms with Crippen molar-refractivity contribution in [2.45, 2.75) is 24.3 Å². The van der Waals surface area contributed by atoms with Crippen molar-refractivity contribution in [3.8, 4) is 0 Å². The maximum absolute atomic E-state index is 13.7. The Morgan fingerprint density at radius 3 is 2.50 bits per heavy atom.